The van der Waals surface area contributed by atoms with Gasteiger partial charge in [0.05, 0.1) is 11.4 Å². The van der Waals surface area contributed by atoms with Gasteiger partial charge < -0.3 is 4.90 Å². The summed E-state index contributed by atoms with van der Waals surface area (Å²) < 4.78 is 15.7. The lowest BCUT2D eigenvalue weighted by Gasteiger charge is -2.34. The van der Waals surface area contributed by atoms with Gasteiger partial charge in [0.15, 0.2) is 0 Å². The van der Waals surface area contributed by atoms with Gasteiger partial charge in [-0.05, 0) is 36.8 Å². The highest BCUT2D eigenvalue weighted by Gasteiger charge is 2.21. The van der Waals surface area contributed by atoms with Crippen molar-refractivity contribution in [3.8, 4) is 16.9 Å². The maximum absolute atomic E-state index is 13.9. The number of hydrogen-bond donors (Lipinski definition) is 0. The molecule has 1 fully saturated rings. The van der Waals surface area contributed by atoms with Crippen molar-refractivity contribution in [2.24, 2.45) is 0 Å². The molecule has 29 heavy (non-hydrogen) atoms. The van der Waals surface area contributed by atoms with Crippen LogP contribution in [0, 0.1) is 12.7 Å². The summed E-state index contributed by atoms with van der Waals surface area (Å²) >= 11 is 0. The van der Waals surface area contributed by atoms with Crippen LogP contribution in [0.1, 0.15) is 18.1 Å². The third kappa shape index (κ3) is 4.38. The van der Waals surface area contributed by atoms with Crippen LogP contribution in [-0.2, 0) is 11.3 Å². The smallest absolute Gasteiger partial charge is 0.219 e. The number of hydrogen-bond acceptors (Lipinski definition) is 3. The van der Waals surface area contributed by atoms with Crippen molar-refractivity contribution in [2.45, 2.75) is 20.4 Å². The SMILES string of the molecule is CC(=O)N1CCN(Cc2cn(-c3cccc(C)c3)nc2-c2cccc(F)c2)CC1. The first-order chi connectivity index (χ1) is 14.0. The number of rotatable bonds is 4. The van der Waals surface area contributed by atoms with Gasteiger partial charge in [-0.1, -0.05) is 24.3 Å². The van der Waals surface area contributed by atoms with E-state index in [2.05, 4.69) is 24.0 Å². The molecule has 1 aliphatic heterocycles. The molecular formula is C23H25FN4O. The number of halogens is 1. The molecule has 0 unspecified atom stereocenters. The van der Waals surface area contributed by atoms with Crippen LogP contribution in [0.15, 0.2) is 54.7 Å². The first-order valence-corrected chi connectivity index (χ1v) is 9.89. The monoisotopic (exact) mass is 392 g/mol. The Labute approximate surface area is 170 Å². The molecule has 3 aromatic rings. The quantitative estimate of drug-likeness (QED) is 0.681. The number of amides is 1. The zero-order valence-corrected chi connectivity index (χ0v) is 16.8. The van der Waals surface area contributed by atoms with Gasteiger partial charge in [0.1, 0.15) is 5.82 Å². The third-order valence-electron chi connectivity index (χ3n) is 5.37. The molecule has 150 valence electrons. The van der Waals surface area contributed by atoms with Gasteiger partial charge in [-0.3, -0.25) is 9.69 Å². The normalized spacial score (nSPS) is 14.9. The van der Waals surface area contributed by atoms with Gasteiger partial charge in [0.25, 0.3) is 0 Å². The molecular weight excluding hydrogens is 367 g/mol. The number of nitrogens with zero attached hydrogens (tertiary/aromatic N) is 4. The van der Waals surface area contributed by atoms with Gasteiger partial charge in [-0.15, -0.1) is 0 Å². The van der Waals surface area contributed by atoms with E-state index in [4.69, 9.17) is 5.10 Å². The summed E-state index contributed by atoms with van der Waals surface area (Å²) in [6, 6.07) is 14.7. The van der Waals surface area contributed by atoms with E-state index in [-0.39, 0.29) is 11.7 Å². The molecule has 0 atom stereocenters. The van der Waals surface area contributed by atoms with Gasteiger partial charge in [0.2, 0.25) is 5.91 Å². The van der Waals surface area contributed by atoms with E-state index in [1.54, 1.807) is 13.0 Å². The fourth-order valence-electron chi connectivity index (χ4n) is 3.77. The molecule has 0 radical (unpaired) electrons. The number of carbonyl (C=O) groups excluding carboxylic acids is 1. The summed E-state index contributed by atoms with van der Waals surface area (Å²) in [4.78, 5) is 15.8. The lowest BCUT2D eigenvalue weighted by atomic mass is 10.1. The molecule has 0 N–H and O–H groups in total. The summed E-state index contributed by atoms with van der Waals surface area (Å²) in [5, 5.41) is 4.80. The predicted octanol–water partition coefficient (Wildman–Crippen LogP) is 3.65. The summed E-state index contributed by atoms with van der Waals surface area (Å²) in [7, 11) is 0. The van der Waals surface area contributed by atoms with Crippen molar-refractivity contribution in [1.82, 2.24) is 19.6 Å². The number of aryl methyl sites for hydroxylation is 1. The average Bonchev–Trinajstić information content (AvgIpc) is 3.12. The minimum atomic E-state index is -0.270. The predicted molar refractivity (Wildman–Crippen MR) is 111 cm³/mol. The number of benzene rings is 2. The first-order valence-electron chi connectivity index (χ1n) is 9.89. The van der Waals surface area contributed by atoms with Crippen LogP contribution in [0.3, 0.4) is 0 Å². The maximum atomic E-state index is 13.9. The molecule has 2 aromatic carbocycles. The first kappa shape index (κ1) is 19.3. The Balaban J connectivity index is 1.65. The number of aromatic nitrogens is 2. The molecule has 1 aromatic heterocycles. The van der Waals surface area contributed by atoms with Crippen molar-refractivity contribution >= 4 is 5.91 Å². The molecule has 1 saturated heterocycles. The van der Waals surface area contributed by atoms with Crippen molar-refractivity contribution < 1.29 is 9.18 Å². The molecule has 0 saturated carbocycles. The highest BCUT2D eigenvalue weighted by atomic mass is 19.1. The van der Waals surface area contributed by atoms with Gasteiger partial charge in [-0.25, -0.2) is 9.07 Å². The van der Waals surface area contributed by atoms with Crippen LogP contribution in [-0.4, -0.2) is 51.7 Å². The van der Waals surface area contributed by atoms with Gasteiger partial charge in [-0.2, -0.15) is 5.10 Å². The average molecular weight is 392 g/mol. The Morgan fingerprint density at radius 3 is 2.52 bits per heavy atom. The van der Waals surface area contributed by atoms with Crippen LogP contribution >= 0.6 is 0 Å². The number of carbonyl (C=O) groups is 1. The minimum Gasteiger partial charge on any atom is -0.340 e. The molecule has 1 amide bonds. The third-order valence-corrected chi connectivity index (χ3v) is 5.37. The van der Waals surface area contributed by atoms with Crippen LogP contribution in [0.4, 0.5) is 4.39 Å². The summed E-state index contributed by atoms with van der Waals surface area (Å²) in [6.07, 6.45) is 2.03. The Morgan fingerprint density at radius 1 is 1.07 bits per heavy atom. The van der Waals surface area contributed by atoms with Crippen LogP contribution in [0.25, 0.3) is 16.9 Å². The summed E-state index contributed by atoms with van der Waals surface area (Å²) in [5.74, 6) is -0.147. The molecule has 0 aliphatic carbocycles. The summed E-state index contributed by atoms with van der Waals surface area (Å²) in [6.45, 7) is 7.48. The standard InChI is InChI=1S/C23H25FN4O/c1-17-5-3-8-22(13-17)28-16-20(15-26-9-11-27(12-10-26)18(2)29)23(25-28)19-6-4-7-21(24)14-19/h3-8,13-14,16H,9-12,15H2,1-2H3. The molecule has 5 nitrogen and oxygen atoms in total. The topological polar surface area (TPSA) is 41.4 Å². The minimum absolute atomic E-state index is 0.123. The van der Waals surface area contributed by atoms with Crippen molar-refractivity contribution in [1.29, 1.82) is 0 Å². The van der Waals surface area contributed by atoms with Crippen LogP contribution in [0.5, 0.6) is 0 Å². The zero-order valence-electron chi connectivity index (χ0n) is 16.8. The molecule has 0 spiro atoms. The second kappa shape index (κ2) is 8.17. The highest BCUT2D eigenvalue weighted by Crippen LogP contribution is 2.26. The van der Waals surface area contributed by atoms with Crippen molar-refractivity contribution in [3.05, 3.63) is 71.7 Å². The zero-order chi connectivity index (χ0) is 20.4. The van der Waals surface area contributed by atoms with E-state index < -0.39 is 0 Å². The Hall–Kier alpha value is -2.99. The number of piperazine rings is 1. The van der Waals surface area contributed by atoms with E-state index in [9.17, 15) is 9.18 Å². The van der Waals surface area contributed by atoms with E-state index in [1.165, 1.54) is 12.1 Å². The van der Waals surface area contributed by atoms with E-state index in [0.717, 1.165) is 54.3 Å². The summed E-state index contributed by atoms with van der Waals surface area (Å²) in [5.41, 5.74) is 4.75. The fourth-order valence-corrected chi connectivity index (χ4v) is 3.77. The van der Waals surface area contributed by atoms with Crippen molar-refractivity contribution in [2.75, 3.05) is 26.2 Å². The largest absolute Gasteiger partial charge is 0.340 e. The second-order valence-corrected chi connectivity index (χ2v) is 7.58. The van der Waals surface area contributed by atoms with E-state index in [0.29, 0.717) is 6.54 Å². The van der Waals surface area contributed by atoms with E-state index >= 15 is 0 Å². The lowest BCUT2D eigenvalue weighted by molar-refractivity contribution is -0.130. The van der Waals surface area contributed by atoms with Crippen molar-refractivity contribution in [3.63, 3.8) is 0 Å². The molecule has 2 heterocycles. The van der Waals surface area contributed by atoms with Gasteiger partial charge in [0, 0.05) is 57.0 Å². The fraction of sp³-hybridized carbons (Fsp3) is 0.304. The van der Waals surface area contributed by atoms with Crippen LogP contribution < -0.4 is 0 Å². The second-order valence-electron chi connectivity index (χ2n) is 7.58. The lowest BCUT2D eigenvalue weighted by Crippen LogP contribution is -2.47. The molecule has 1 aliphatic rings. The Kier molecular flexibility index (Phi) is 5.45. The molecule has 0 bridgehead atoms. The van der Waals surface area contributed by atoms with E-state index in [1.807, 2.05) is 34.0 Å². The highest BCUT2D eigenvalue weighted by molar-refractivity contribution is 5.73. The Morgan fingerprint density at radius 2 is 1.83 bits per heavy atom. The molecule has 4 rings (SSSR count). The van der Waals surface area contributed by atoms with Gasteiger partial charge >= 0.3 is 0 Å². The molecule has 6 heteroatoms. The van der Waals surface area contributed by atoms with Crippen LogP contribution in [0.2, 0.25) is 0 Å². The Bertz CT molecular complexity index is 1020. The maximum Gasteiger partial charge on any atom is 0.219 e.